The molecule has 3 saturated carbocycles. The third-order valence-corrected chi connectivity index (χ3v) is 16.5. The van der Waals surface area contributed by atoms with Gasteiger partial charge >= 0.3 is 12.2 Å². The molecule has 4 bridgehead atoms. The number of nitrogens with one attached hydrogen (secondary N) is 4. The molecule has 6 aliphatic rings. The fourth-order valence-corrected chi connectivity index (χ4v) is 13.1. The highest BCUT2D eigenvalue weighted by atomic mass is 16.5. The zero-order valence-corrected chi connectivity index (χ0v) is 39.3. The largest absolute Gasteiger partial charge is 0.453 e. The van der Waals surface area contributed by atoms with Gasteiger partial charge in [0.15, 0.2) is 0 Å². The Morgan fingerprint density at radius 2 is 1.22 bits per heavy atom. The van der Waals surface area contributed by atoms with Gasteiger partial charge in [-0.25, -0.2) is 19.6 Å². The van der Waals surface area contributed by atoms with Crippen molar-refractivity contribution in [2.45, 2.75) is 128 Å². The summed E-state index contributed by atoms with van der Waals surface area (Å²) in [7, 11) is 2.64. The number of fused-ring (bicyclic) bond motifs is 8. The summed E-state index contributed by atoms with van der Waals surface area (Å²) >= 11 is 0. The summed E-state index contributed by atoms with van der Waals surface area (Å²) in [5, 5.41) is 5.59. The van der Waals surface area contributed by atoms with E-state index in [4.69, 9.17) is 19.4 Å². The number of amides is 4. The molecule has 67 heavy (non-hydrogen) atoms. The van der Waals surface area contributed by atoms with Crippen LogP contribution >= 0.6 is 0 Å². The summed E-state index contributed by atoms with van der Waals surface area (Å²) in [6.45, 7) is 7.79. The maximum Gasteiger partial charge on any atom is 0.407 e. The molecular formula is C53H62N8O6. The van der Waals surface area contributed by atoms with Crippen LogP contribution in [0.4, 0.5) is 9.59 Å². The van der Waals surface area contributed by atoms with Crippen LogP contribution in [0.5, 0.6) is 0 Å². The number of hydrogen-bond acceptors (Lipinski definition) is 8. The van der Waals surface area contributed by atoms with Crippen molar-refractivity contribution in [3.05, 3.63) is 83.6 Å². The van der Waals surface area contributed by atoms with E-state index in [0.29, 0.717) is 23.7 Å². The van der Waals surface area contributed by atoms with E-state index in [-0.39, 0.29) is 47.8 Å². The van der Waals surface area contributed by atoms with Crippen LogP contribution < -0.4 is 10.6 Å². The number of ether oxygens (including phenoxy) is 2. The summed E-state index contributed by atoms with van der Waals surface area (Å²) in [5.41, 5.74) is 11.6. The lowest BCUT2D eigenvalue weighted by Crippen LogP contribution is -2.54. The van der Waals surface area contributed by atoms with Crippen LogP contribution in [0.3, 0.4) is 0 Å². The van der Waals surface area contributed by atoms with Gasteiger partial charge in [0, 0.05) is 12.1 Å². The van der Waals surface area contributed by atoms with Crippen LogP contribution in [0.15, 0.2) is 60.8 Å². The Morgan fingerprint density at radius 1 is 0.657 bits per heavy atom. The number of carbonyl (C=O) groups excluding carboxylic acids is 4. The second-order valence-corrected chi connectivity index (χ2v) is 20.9. The van der Waals surface area contributed by atoms with E-state index < -0.39 is 24.3 Å². The van der Waals surface area contributed by atoms with Gasteiger partial charge in [0.2, 0.25) is 11.8 Å². The summed E-state index contributed by atoms with van der Waals surface area (Å²) in [4.78, 5) is 74.0. The minimum Gasteiger partial charge on any atom is -0.453 e. The van der Waals surface area contributed by atoms with E-state index in [1.165, 1.54) is 54.9 Å². The van der Waals surface area contributed by atoms with Crippen LogP contribution in [0.25, 0.3) is 44.5 Å². The van der Waals surface area contributed by atoms with Gasteiger partial charge in [0.05, 0.1) is 49.2 Å². The maximum atomic E-state index is 14.2. The molecule has 2 aromatic heterocycles. The molecule has 3 aromatic carbocycles. The first-order chi connectivity index (χ1) is 32.4. The highest BCUT2D eigenvalue weighted by molar-refractivity contribution is 5.89. The Hall–Kier alpha value is -6.18. The molecule has 2 saturated heterocycles. The summed E-state index contributed by atoms with van der Waals surface area (Å²) in [6, 6.07) is 18.5. The molecule has 4 aliphatic carbocycles. The molecule has 14 heteroatoms. The molecule has 11 rings (SSSR count). The standard InChI is InChI=1S/C53H62N8O6/c1-26(2)44(58-52(64)66-5)50(62)60-34-15-11-32(21-34)46(60)48-54-25-42(57-48)29-9-7-28(8-10-29)37-19-18-36(39-23-30-13-17-38(30)43(37)39)31-14-20-40-41(24-31)56-49(55-40)47-33-12-16-35(22-33)61(47)51(63)45(27(3)4)59-53(65)67-6/h7-10,14,18-20,24-27,30,32-35,38,44-47H,11-13,15-17,21-23H2,1-6H3,(H,54,57)(H,55,56)(H,58,64)(H,59,65)/t30?,32-,33-,34+,35+,38?,44-,45-,46-,47-/m0/s1. The van der Waals surface area contributed by atoms with Crippen molar-refractivity contribution >= 4 is 35.0 Å². The number of carbonyl (C=O) groups is 4. The molecule has 4 heterocycles. The molecule has 2 unspecified atom stereocenters. The number of piperidine rings is 2. The third-order valence-electron chi connectivity index (χ3n) is 16.5. The van der Waals surface area contributed by atoms with Crippen LogP contribution in [0, 0.1) is 29.6 Å². The number of benzene rings is 3. The normalized spacial score (nSPS) is 26.4. The molecular weight excluding hydrogens is 845 g/mol. The Labute approximate surface area is 391 Å². The number of aromatic amines is 2. The first kappa shape index (κ1) is 43.4. The number of nitrogens with zero attached hydrogens (tertiary/aromatic N) is 4. The molecule has 0 radical (unpaired) electrons. The van der Waals surface area contributed by atoms with Crippen LogP contribution in [0.1, 0.15) is 120 Å². The van der Waals surface area contributed by atoms with E-state index >= 15 is 0 Å². The fraction of sp³-hybridized carbons (Fsp3) is 0.509. The van der Waals surface area contributed by atoms with Crippen molar-refractivity contribution < 1.29 is 28.7 Å². The maximum absolute atomic E-state index is 14.2. The first-order valence-electron chi connectivity index (χ1n) is 24.6. The van der Waals surface area contributed by atoms with Gasteiger partial charge in [0.1, 0.15) is 23.7 Å². The topological polar surface area (TPSA) is 175 Å². The quantitative estimate of drug-likeness (QED) is 0.102. The molecule has 5 fully saturated rings. The number of likely N-dealkylation sites (tertiary alicyclic amines) is 2. The second-order valence-electron chi connectivity index (χ2n) is 20.9. The van der Waals surface area contributed by atoms with Gasteiger partial charge in [-0.15, -0.1) is 0 Å². The molecule has 10 atom stereocenters. The van der Waals surface area contributed by atoms with Crippen LogP contribution in [-0.4, -0.2) is 92.1 Å². The molecule has 14 nitrogen and oxygen atoms in total. The van der Waals surface area contributed by atoms with Crippen LogP contribution in [0.2, 0.25) is 0 Å². The number of rotatable bonds is 11. The SMILES string of the molecule is COC(=O)N[C@H](C(=O)N1[C@@H]2CC[C@@H](C2)[C@H]1c1ncc(-c2ccc(-c3ccc(-c4ccc5nc([C@@H]6[C@H]7CC[C@H](C7)N6C(=O)[C@@H](NC(=O)OC)C(C)C)[nH]c5c4)c4c3C3CCC3C4)cc2)[nH]1)C(C)C. The molecule has 350 valence electrons. The third kappa shape index (κ3) is 7.27. The van der Waals surface area contributed by atoms with Crippen molar-refractivity contribution in [3.63, 3.8) is 0 Å². The molecule has 5 aromatic rings. The zero-order chi connectivity index (χ0) is 46.4. The smallest absolute Gasteiger partial charge is 0.407 e. The lowest BCUT2D eigenvalue weighted by Gasteiger charge is -2.37. The zero-order valence-electron chi connectivity index (χ0n) is 39.3. The highest BCUT2D eigenvalue weighted by Gasteiger charge is 2.53. The van der Waals surface area contributed by atoms with E-state index in [1.807, 2.05) is 43.7 Å². The van der Waals surface area contributed by atoms with E-state index in [2.05, 4.69) is 75.2 Å². The molecule has 0 spiro atoms. The van der Waals surface area contributed by atoms with Crippen LogP contribution in [-0.2, 0) is 25.5 Å². The van der Waals surface area contributed by atoms with E-state index in [0.717, 1.165) is 84.4 Å². The van der Waals surface area contributed by atoms with Crippen molar-refractivity contribution in [1.82, 2.24) is 40.4 Å². The number of methoxy groups -OCH3 is 2. The lowest BCUT2D eigenvalue weighted by atomic mass is 9.73. The van der Waals surface area contributed by atoms with Crippen molar-refractivity contribution in [3.8, 4) is 33.5 Å². The summed E-state index contributed by atoms with van der Waals surface area (Å²) in [5.74, 6) is 3.10. The Morgan fingerprint density at radius 3 is 1.81 bits per heavy atom. The monoisotopic (exact) mass is 906 g/mol. The van der Waals surface area contributed by atoms with E-state index in [9.17, 15) is 19.2 Å². The fourth-order valence-electron chi connectivity index (χ4n) is 13.1. The lowest BCUT2D eigenvalue weighted by molar-refractivity contribution is -0.140. The Balaban J connectivity index is 0.851. The van der Waals surface area contributed by atoms with Gasteiger partial charge in [-0.05, 0) is 144 Å². The van der Waals surface area contributed by atoms with E-state index in [1.54, 1.807) is 0 Å². The average molecular weight is 907 g/mol. The average Bonchev–Trinajstić information content (AvgIpc) is 4.20. The summed E-state index contributed by atoms with van der Waals surface area (Å²) < 4.78 is 9.74. The number of alkyl carbamates (subject to hydrolysis) is 2. The summed E-state index contributed by atoms with van der Waals surface area (Å²) in [6.07, 6.45) is 10.1. The number of H-pyrrole nitrogens is 2. The molecule has 4 amide bonds. The minimum absolute atomic E-state index is 0.0746. The van der Waals surface area contributed by atoms with Crippen molar-refractivity contribution in [2.75, 3.05) is 14.2 Å². The van der Waals surface area contributed by atoms with Crippen molar-refractivity contribution in [2.24, 2.45) is 29.6 Å². The van der Waals surface area contributed by atoms with Gasteiger partial charge < -0.3 is 39.9 Å². The second kappa shape index (κ2) is 16.9. The Kier molecular flexibility index (Phi) is 10.9. The number of imidazole rings is 2. The minimum atomic E-state index is -0.681. The number of hydrogen-bond donors (Lipinski definition) is 4. The number of aromatic nitrogens is 4. The highest BCUT2D eigenvalue weighted by Crippen LogP contribution is 2.57. The Bertz CT molecular complexity index is 2760. The van der Waals surface area contributed by atoms with Gasteiger partial charge in [0.25, 0.3) is 0 Å². The first-order valence-corrected chi connectivity index (χ1v) is 24.6. The van der Waals surface area contributed by atoms with Gasteiger partial charge in [-0.2, -0.15) is 0 Å². The molecule has 2 aliphatic heterocycles. The van der Waals surface area contributed by atoms with Gasteiger partial charge in [-0.3, -0.25) is 9.59 Å². The molecule has 4 N–H and O–H groups in total. The predicted molar refractivity (Wildman–Crippen MR) is 253 cm³/mol. The predicted octanol–water partition coefficient (Wildman–Crippen LogP) is 9.20. The van der Waals surface area contributed by atoms with Gasteiger partial charge in [-0.1, -0.05) is 70.2 Å². The van der Waals surface area contributed by atoms with Crippen molar-refractivity contribution in [1.29, 1.82) is 0 Å².